The molecule has 0 saturated carbocycles. The Balaban J connectivity index is 1.65. The summed E-state index contributed by atoms with van der Waals surface area (Å²) in [5.74, 6) is 0.527. The van der Waals surface area contributed by atoms with Crippen molar-refractivity contribution in [2.24, 2.45) is 0 Å². The van der Waals surface area contributed by atoms with Crippen LogP contribution in [0.15, 0.2) is 109 Å². The zero-order chi connectivity index (χ0) is 23.2. The molecule has 0 spiro atoms. The van der Waals surface area contributed by atoms with E-state index in [0.29, 0.717) is 0 Å². The van der Waals surface area contributed by atoms with Gasteiger partial charge in [-0.1, -0.05) is 54.6 Å². The molecule has 0 radical (unpaired) electrons. The average molecular weight is 442 g/mol. The normalized spacial score (nSPS) is 11.3. The molecule has 0 atom stereocenters. The predicted octanol–water partition coefficient (Wildman–Crippen LogP) is 7.84. The van der Waals surface area contributed by atoms with Crippen LogP contribution < -0.4 is 0 Å². The maximum Gasteiger partial charge on any atom is 0.115 e. The van der Waals surface area contributed by atoms with Crippen molar-refractivity contribution in [2.75, 3.05) is 0 Å². The van der Waals surface area contributed by atoms with Crippen LogP contribution in [0.5, 0.6) is 11.5 Å². The van der Waals surface area contributed by atoms with Gasteiger partial charge in [0.15, 0.2) is 0 Å². The molecular weight excluding hydrogens is 418 g/mol. The monoisotopic (exact) mass is 441 g/mol. The van der Waals surface area contributed by atoms with Crippen molar-refractivity contribution in [1.82, 2.24) is 4.57 Å². The first-order valence-corrected chi connectivity index (χ1v) is 11.3. The molecule has 5 aromatic carbocycles. The Morgan fingerprint density at radius 3 is 1.41 bits per heavy atom. The Bertz CT molecular complexity index is 1560. The van der Waals surface area contributed by atoms with E-state index >= 15 is 0 Å². The van der Waals surface area contributed by atoms with Crippen LogP contribution in [0, 0.1) is 6.92 Å². The SMILES string of the molecule is Cc1ccccc1-n1c2ccc(-c3ccc(O)cc3)cc2c2cc(-c3ccc(O)cc3)ccc21. The number of phenols is 2. The van der Waals surface area contributed by atoms with Gasteiger partial charge in [-0.2, -0.15) is 0 Å². The van der Waals surface area contributed by atoms with Crippen LogP contribution in [-0.4, -0.2) is 14.8 Å². The molecule has 0 fully saturated rings. The van der Waals surface area contributed by atoms with Gasteiger partial charge in [-0.25, -0.2) is 0 Å². The number of nitrogens with zero attached hydrogens (tertiary/aromatic N) is 1. The van der Waals surface area contributed by atoms with Gasteiger partial charge in [-0.15, -0.1) is 0 Å². The maximum atomic E-state index is 9.71. The first kappa shape index (κ1) is 20.1. The summed E-state index contributed by atoms with van der Waals surface area (Å²) in [7, 11) is 0. The van der Waals surface area contributed by atoms with E-state index in [9.17, 15) is 10.2 Å². The Kier molecular flexibility index (Phi) is 4.63. The molecule has 6 rings (SSSR count). The van der Waals surface area contributed by atoms with Crippen molar-refractivity contribution in [2.45, 2.75) is 6.92 Å². The van der Waals surface area contributed by atoms with E-state index in [1.165, 1.54) is 16.3 Å². The van der Waals surface area contributed by atoms with Crippen molar-refractivity contribution in [3.63, 3.8) is 0 Å². The van der Waals surface area contributed by atoms with Crippen LogP contribution in [-0.2, 0) is 0 Å². The van der Waals surface area contributed by atoms with Gasteiger partial charge >= 0.3 is 0 Å². The van der Waals surface area contributed by atoms with E-state index in [4.69, 9.17) is 0 Å². The fourth-order valence-corrected chi connectivity index (χ4v) is 4.76. The van der Waals surface area contributed by atoms with Crippen LogP contribution in [0.25, 0.3) is 49.7 Å². The summed E-state index contributed by atoms with van der Waals surface area (Å²) in [5.41, 5.74) is 9.00. The van der Waals surface area contributed by atoms with Crippen molar-refractivity contribution < 1.29 is 10.2 Å². The quantitative estimate of drug-likeness (QED) is 0.294. The molecule has 3 nitrogen and oxygen atoms in total. The van der Waals surface area contributed by atoms with Gasteiger partial charge in [0, 0.05) is 16.5 Å². The number of rotatable bonds is 3. The van der Waals surface area contributed by atoms with Crippen LogP contribution in [0.2, 0.25) is 0 Å². The van der Waals surface area contributed by atoms with Crippen LogP contribution in [0.3, 0.4) is 0 Å². The predicted molar refractivity (Wildman–Crippen MR) is 140 cm³/mol. The van der Waals surface area contributed by atoms with E-state index < -0.39 is 0 Å². The van der Waals surface area contributed by atoms with Crippen LogP contribution >= 0.6 is 0 Å². The van der Waals surface area contributed by atoms with E-state index in [2.05, 4.69) is 72.2 Å². The summed E-state index contributed by atoms with van der Waals surface area (Å²) < 4.78 is 2.33. The molecule has 0 aliphatic carbocycles. The second-order valence-corrected chi connectivity index (χ2v) is 8.68. The largest absolute Gasteiger partial charge is 0.508 e. The summed E-state index contributed by atoms with van der Waals surface area (Å²) in [4.78, 5) is 0. The number of hydrogen-bond acceptors (Lipinski definition) is 2. The van der Waals surface area contributed by atoms with Crippen molar-refractivity contribution in [3.8, 4) is 39.4 Å². The summed E-state index contributed by atoms with van der Waals surface area (Å²) in [6.07, 6.45) is 0. The topological polar surface area (TPSA) is 45.4 Å². The second kappa shape index (κ2) is 7.82. The second-order valence-electron chi connectivity index (χ2n) is 8.68. The zero-order valence-corrected chi connectivity index (χ0v) is 18.7. The van der Waals surface area contributed by atoms with Gasteiger partial charge in [0.1, 0.15) is 11.5 Å². The molecule has 1 heterocycles. The maximum absolute atomic E-state index is 9.71. The number of aromatic hydroxyl groups is 2. The van der Waals surface area contributed by atoms with Crippen molar-refractivity contribution in [1.29, 1.82) is 0 Å². The highest BCUT2D eigenvalue weighted by Crippen LogP contribution is 2.38. The molecule has 6 aromatic rings. The third-order valence-electron chi connectivity index (χ3n) is 6.52. The molecule has 0 aliphatic rings. The fourth-order valence-electron chi connectivity index (χ4n) is 4.76. The molecule has 0 bridgehead atoms. The van der Waals surface area contributed by atoms with Crippen molar-refractivity contribution >= 4 is 21.8 Å². The lowest BCUT2D eigenvalue weighted by Crippen LogP contribution is -1.96. The van der Waals surface area contributed by atoms with E-state index in [1.807, 2.05) is 24.3 Å². The van der Waals surface area contributed by atoms with E-state index in [-0.39, 0.29) is 11.5 Å². The van der Waals surface area contributed by atoms with Crippen molar-refractivity contribution in [3.05, 3.63) is 115 Å². The van der Waals surface area contributed by atoms with Gasteiger partial charge in [-0.05, 0) is 89.3 Å². The number of phenolic OH excluding ortho intramolecular Hbond substituents is 2. The van der Waals surface area contributed by atoms with Gasteiger partial charge in [0.2, 0.25) is 0 Å². The number of fused-ring (bicyclic) bond motifs is 3. The van der Waals surface area contributed by atoms with Gasteiger partial charge in [0.05, 0.1) is 11.0 Å². The first-order valence-electron chi connectivity index (χ1n) is 11.3. The average Bonchev–Trinajstić information content (AvgIpc) is 3.18. The van der Waals surface area contributed by atoms with Crippen LogP contribution in [0.1, 0.15) is 5.56 Å². The molecule has 2 N–H and O–H groups in total. The van der Waals surface area contributed by atoms with E-state index in [1.54, 1.807) is 24.3 Å². The lowest BCUT2D eigenvalue weighted by Gasteiger charge is -2.11. The Labute approximate surface area is 197 Å². The number of aromatic nitrogens is 1. The van der Waals surface area contributed by atoms with Gasteiger partial charge in [0.25, 0.3) is 0 Å². The highest BCUT2D eigenvalue weighted by atomic mass is 16.3. The molecule has 34 heavy (non-hydrogen) atoms. The van der Waals surface area contributed by atoms with Gasteiger partial charge < -0.3 is 14.8 Å². The molecule has 3 heteroatoms. The Hall–Kier alpha value is -4.50. The number of hydrogen-bond donors (Lipinski definition) is 2. The smallest absolute Gasteiger partial charge is 0.115 e. The molecule has 0 amide bonds. The van der Waals surface area contributed by atoms with Crippen LogP contribution in [0.4, 0.5) is 0 Å². The number of para-hydroxylation sites is 1. The summed E-state index contributed by atoms with van der Waals surface area (Å²) in [6, 6.07) is 36.2. The van der Waals surface area contributed by atoms with Gasteiger partial charge in [-0.3, -0.25) is 0 Å². The minimum absolute atomic E-state index is 0.263. The zero-order valence-electron chi connectivity index (χ0n) is 18.7. The third-order valence-corrected chi connectivity index (χ3v) is 6.52. The minimum atomic E-state index is 0.263. The summed E-state index contributed by atoms with van der Waals surface area (Å²) in [5, 5.41) is 21.8. The first-order chi connectivity index (χ1) is 16.6. The molecule has 1 aromatic heterocycles. The number of benzene rings is 5. The summed E-state index contributed by atoms with van der Waals surface area (Å²) >= 11 is 0. The Morgan fingerprint density at radius 2 is 0.941 bits per heavy atom. The molecular formula is C31H23NO2. The van der Waals surface area contributed by atoms with E-state index in [0.717, 1.165) is 39.0 Å². The lowest BCUT2D eigenvalue weighted by atomic mass is 10.00. The number of aryl methyl sites for hydroxylation is 1. The standard InChI is InChI=1S/C31H23NO2/c1-20-4-2-3-5-29(20)32-30-16-10-23(21-6-12-25(33)13-7-21)18-27(30)28-19-24(11-17-31(28)32)22-8-14-26(34)15-9-22/h2-19,33-34H,1H3. The molecule has 0 saturated heterocycles. The minimum Gasteiger partial charge on any atom is -0.508 e. The Morgan fingerprint density at radius 1 is 0.500 bits per heavy atom. The summed E-state index contributed by atoms with van der Waals surface area (Å²) in [6.45, 7) is 2.14. The molecule has 164 valence electrons. The highest BCUT2D eigenvalue weighted by Gasteiger charge is 2.15. The molecule has 0 unspecified atom stereocenters. The highest BCUT2D eigenvalue weighted by molar-refractivity contribution is 6.11. The third kappa shape index (κ3) is 3.30. The fraction of sp³-hybridized carbons (Fsp3) is 0.0323. The lowest BCUT2D eigenvalue weighted by molar-refractivity contribution is 0.475. The molecule has 0 aliphatic heterocycles.